The van der Waals surface area contributed by atoms with E-state index in [4.69, 9.17) is 14.0 Å². The summed E-state index contributed by atoms with van der Waals surface area (Å²) in [5, 5.41) is 0. The third-order valence-corrected chi connectivity index (χ3v) is 11.8. The summed E-state index contributed by atoms with van der Waals surface area (Å²) >= 11 is 0. The van der Waals surface area contributed by atoms with E-state index in [0.717, 1.165) is 38.5 Å². The maximum Gasteiger partial charge on any atom is 1.00 e. The number of hydrogen-bond acceptors (Lipinski definition) is 10. The number of esters is 2. The van der Waals surface area contributed by atoms with Crippen LogP contribution in [0.2, 0.25) is 0 Å². The minimum absolute atomic E-state index is 0. The Morgan fingerprint density at radius 1 is 0.544 bits per heavy atom. The first-order chi connectivity index (χ1) is 27.1. The Bertz CT molecular complexity index is 1110. The van der Waals surface area contributed by atoms with E-state index in [9.17, 15) is 33.4 Å². The van der Waals surface area contributed by atoms with E-state index in [1.807, 2.05) is 0 Å². The molecule has 1 heterocycles. The second kappa shape index (κ2) is 37.9. The first kappa shape index (κ1) is 55.9. The van der Waals surface area contributed by atoms with Gasteiger partial charge < -0.3 is 18.9 Å². The van der Waals surface area contributed by atoms with Gasteiger partial charge in [-0.1, -0.05) is 194 Å². The fourth-order valence-electron chi connectivity index (χ4n) is 7.05. The number of nitrogens with zero attached hydrogens (tertiary/aromatic N) is 1. The number of ether oxygens (including phenoxy) is 2. The van der Waals surface area contributed by atoms with Crippen molar-refractivity contribution in [3.05, 3.63) is 0 Å². The van der Waals surface area contributed by atoms with E-state index in [2.05, 4.69) is 13.8 Å². The molecule has 1 saturated heterocycles. The van der Waals surface area contributed by atoms with Crippen molar-refractivity contribution < 1.29 is 77.0 Å². The molecule has 326 valence electrons. The molecule has 57 heavy (non-hydrogen) atoms. The number of carbonyl (C=O) groups is 5. The second-order valence-electron chi connectivity index (χ2n) is 15.9. The number of unbranched alkanes of at least 4 members (excludes halogenated alkanes) is 28. The molecule has 0 aromatic rings. The summed E-state index contributed by atoms with van der Waals surface area (Å²) in [4.78, 5) is 74.1. The summed E-state index contributed by atoms with van der Waals surface area (Å²) in [5.74, 6) is -2.93. The molecule has 1 aliphatic heterocycles. The molecule has 0 N–H and O–H groups in total. The van der Waals surface area contributed by atoms with Crippen molar-refractivity contribution in [2.45, 2.75) is 238 Å². The van der Waals surface area contributed by atoms with Gasteiger partial charge in [0.1, 0.15) is 6.61 Å². The van der Waals surface area contributed by atoms with Gasteiger partial charge in [0, 0.05) is 25.7 Å². The topological polar surface area (TPSA) is 156 Å². The SMILES string of the molecule is CCCCCCCCCCCCCCCCCC(=O)OCC(COP(=O)([O-])C(=O)N1C(=O)CCC1=O)OC(=O)CCCCCCCCCCCCCCCCC.[Na+]. The molecule has 0 saturated carbocycles. The van der Waals surface area contributed by atoms with Gasteiger partial charge in [-0.2, -0.15) is 0 Å². The van der Waals surface area contributed by atoms with Gasteiger partial charge in [0.2, 0.25) is 19.4 Å². The molecule has 11 nitrogen and oxygen atoms in total. The molecule has 0 aromatic heterocycles. The average molecular weight is 836 g/mol. The van der Waals surface area contributed by atoms with Crippen LogP contribution in [-0.2, 0) is 37.7 Å². The van der Waals surface area contributed by atoms with Crippen LogP contribution in [0.3, 0.4) is 0 Å². The molecular formula is C44H79NNaO10P. The third kappa shape index (κ3) is 30.6. The Hall–Kier alpha value is -1.10. The summed E-state index contributed by atoms with van der Waals surface area (Å²) in [6, 6.07) is 0. The van der Waals surface area contributed by atoms with E-state index in [1.54, 1.807) is 0 Å². The van der Waals surface area contributed by atoms with Crippen LogP contribution in [0.25, 0.3) is 0 Å². The van der Waals surface area contributed by atoms with Gasteiger partial charge in [0.25, 0.3) is 0 Å². The number of hydrogen-bond donors (Lipinski definition) is 0. The molecule has 2 atom stereocenters. The van der Waals surface area contributed by atoms with Gasteiger partial charge >= 0.3 is 47.1 Å². The van der Waals surface area contributed by atoms with Crippen molar-refractivity contribution in [1.29, 1.82) is 0 Å². The quantitative estimate of drug-likeness (QED) is 0.0193. The van der Waals surface area contributed by atoms with Crippen molar-refractivity contribution in [3.63, 3.8) is 0 Å². The standard InChI is InChI=1S/C44H80NO10P.Na/c1-3-5-7-9-11-13-15-17-19-21-23-25-27-29-31-33-42(48)53-37-39(38-54-56(51,52)44(50)45-40(46)35-36-41(45)47)55-43(49)34-32-30-28-26-24-22-20-18-16-14-12-10-8-6-4-2;/h39H,3-38H2,1-2H3,(H,51,52);/q;+1/p-1. The predicted molar refractivity (Wildman–Crippen MR) is 220 cm³/mol. The Kier molecular flexibility index (Phi) is 37.1. The van der Waals surface area contributed by atoms with Gasteiger partial charge in [0.05, 0.1) is 6.61 Å². The molecule has 0 bridgehead atoms. The Labute approximate surface area is 368 Å². The van der Waals surface area contributed by atoms with E-state index < -0.39 is 56.3 Å². The van der Waals surface area contributed by atoms with Crippen LogP contribution < -0.4 is 34.5 Å². The van der Waals surface area contributed by atoms with Crippen molar-refractivity contribution in [2.75, 3.05) is 13.2 Å². The van der Waals surface area contributed by atoms with E-state index in [1.165, 1.54) is 141 Å². The van der Waals surface area contributed by atoms with Gasteiger partial charge in [-0.3, -0.25) is 28.5 Å². The molecule has 1 aliphatic rings. The molecule has 0 aromatic carbocycles. The maximum absolute atomic E-state index is 12.7. The Balaban J connectivity index is 0.0000314. The van der Waals surface area contributed by atoms with Crippen molar-refractivity contribution >= 4 is 37.0 Å². The molecular weight excluding hydrogens is 756 g/mol. The van der Waals surface area contributed by atoms with E-state index >= 15 is 0 Å². The Morgan fingerprint density at radius 2 is 0.860 bits per heavy atom. The fourth-order valence-corrected chi connectivity index (χ4v) is 7.99. The zero-order valence-corrected chi connectivity index (χ0v) is 39.4. The smallest absolute Gasteiger partial charge is 0.771 e. The van der Waals surface area contributed by atoms with Crippen LogP contribution in [0.4, 0.5) is 4.79 Å². The first-order valence-electron chi connectivity index (χ1n) is 22.8. The number of rotatable bonds is 39. The summed E-state index contributed by atoms with van der Waals surface area (Å²) < 4.78 is 28.2. The largest absolute Gasteiger partial charge is 1.00 e. The zero-order valence-electron chi connectivity index (χ0n) is 36.5. The first-order valence-corrected chi connectivity index (χ1v) is 24.4. The van der Waals surface area contributed by atoms with Crippen molar-refractivity contribution in [2.24, 2.45) is 0 Å². The molecule has 0 spiro atoms. The predicted octanol–water partition coefficient (Wildman–Crippen LogP) is 8.81. The number of likely N-dealkylation sites (tertiary alicyclic amines) is 1. The summed E-state index contributed by atoms with van der Waals surface area (Å²) in [6.07, 6.45) is 34.5. The van der Waals surface area contributed by atoms with Crippen molar-refractivity contribution in [1.82, 2.24) is 4.90 Å². The molecule has 1 rings (SSSR count). The molecule has 3 amide bonds. The molecule has 2 unspecified atom stereocenters. The normalized spacial score (nSPS) is 14.3. The van der Waals surface area contributed by atoms with Gasteiger partial charge in [-0.15, -0.1) is 0 Å². The number of amides is 3. The van der Waals surface area contributed by atoms with Gasteiger partial charge in [-0.25, -0.2) is 4.90 Å². The molecule has 1 fully saturated rings. The van der Waals surface area contributed by atoms with Gasteiger partial charge in [-0.05, 0) is 12.8 Å². The van der Waals surface area contributed by atoms with Crippen LogP contribution in [0.1, 0.15) is 232 Å². The molecule has 0 radical (unpaired) electrons. The van der Waals surface area contributed by atoms with Crippen LogP contribution in [0, 0.1) is 0 Å². The Morgan fingerprint density at radius 3 is 1.21 bits per heavy atom. The second-order valence-corrected chi connectivity index (χ2v) is 17.5. The van der Waals surface area contributed by atoms with Crippen molar-refractivity contribution in [3.8, 4) is 0 Å². The summed E-state index contributed by atoms with van der Waals surface area (Å²) in [7, 11) is -5.39. The van der Waals surface area contributed by atoms with E-state index in [-0.39, 0.29) is 60.1 Å². The average Bonchev–Trinajstić information content (AvgIpc) is 3.52. The fraction of sp³-hybridized carbons (Fsp3) is 0.886. The third-order valence-electron chi connectivity index (χ3n) is 10.6. The monoisotopic (exact) mass is 836 g/mol. The zero-order chi connectivity index (χ0) is 41.1. The maximum atomic E-state index is 12.7. The van der Waals surface area contributed by atoms with Crippen LogP contribution in [0.15, 0.2) is 0 Å². The minimum Gasteiger partial charge on any atom is -0.771 e. The minimum atomic E-state index is -5.39. The number of imide groups is 3. The summed E-state index contributed by atoms with van der Waals surface area (Å²) in [6.45, 7) is 3.25. The van der Waals surface area contributed by atoms with Crippen LogP contribution in [-0.4, -0.2) is 53.6 Å². The number of carbonyl (C=O) groups excluding carboxylic acids is 5. The van der Waals surface area contributed by atoms with Crippen LogP contribution in [0.5, 0.6) is 0 Å². The summed E-state index contributed by atoms with van der Waals surface area (Å²) in [5.41, 5.74) is -1.75. The van der Waals surface area contributed by atoms with Gasteiger partial charge in [0.15, 0.2) is 6.10 Å². The molecule has 0 aliphatic carbocycles. The molecule has 13 heteroatoms. The van der Waals surface area contributed by atoms with Crippen LogP contribution >= 0.6 is 7.60 Å². The van der Waals surface area contributed by atoms with E-state index in [0.29, 0.717) is 12.8 Å².